The van der Waals surface area contributed by atoms with Crippen LogP contribution in [0.5, 0.6) is 0 Å². The Bertz CT molecular complexity index is 1440. The van der Waals surface area contributed by atoms with Crippen LogP contribution in [0.25, 0.3) is 16.9 Å². The monoisotopic (exact) mass is 437 g/mol. The number of carbonyl (C=O) groups excluding carboxylic acids is 1. The van der Waals surface area contributed by atoms with Gasteiger partial charge < -0.3 is 9.30 Å². The van der Waals surface area contributed by atoms with Crippen LogP contribution in [0.3, 0.4) is 0 Å². The average Bonchev–Trinajstić information content (AvgIpc) is 3.29. The van der Waals surface area contributed by atoms with E-state index in [9.17, 15) is 14.4 Å². The van der Waals surface area contributed by atoms with E-state index in [4.69, 9.17) is 4.74 Å². The minimum Gasteiger partial charge on any atom is -0.459 e. The molecule has 3 aromatic heterocycles. The third kappa shape index (κ3) is 3.34. The van der Waals surface area contributed by atoms with Gasteiger partial charge >= 0.3 is 11.7 Å². The van der Waals surface area contributed by atoms with Crippen molar-refractivity contribution in [2.75, 3.05) is 0 Å². The minimum absolute atomic E-state index is 0.0734. The van der Waals surface area contributed by atoms with Crippen molar-refractivity contribution in [3.63, 3.8) is 0 Å². The van der Waals surface area contributed by atoms with Gasteiger partial charge in [0.25, 0.3) is 5.56 Å². The number of nitrogens with zero attached hydrogens (tertiary/aromatic N) is 5. The maximum atomic E-state index is 13.4. The van der Waals surface area contributed by atoms with E-state index in [0.29, 0.717) is 11.4 Å². The highest BCUT2D eigenvalue weighted by molar-refractivity contribution is 5.77. The molecule has 1 atom stereocenters. The summed E-state index contributed by atoms with van der Waals surface area (Å²) in [6, 6.07) is 9.40. The lowest BCUT2D eigenvalue weighted by molar-refractivity contribution is -0.145. The van der Waals surface area contributed by atoms with Gasteiger partial charge in [0.2, 0.25) is 5.78 Å². The molecule has 0 radical (unpaired) electrons. The molecule has 0 N–H and O–H groups in total. The zero-order valence-corrected chi connectivity index (χ0v) is 19.0. The van der Waals surface area contributed by atoms with Gasteiger partial charge in [0.05, 0.1) is 0 Å². The van der Waals surface area contributed by atoms with E-state index in [1.807, 2.05) is 44.2 Å². The molecule has 4 aromatic rings. The van der Waals surface area contributed by atoms with Gasteiger partial charge in [0.1, 0.15) is 13.2 Å². The van der Waals surface area contributed by atoms with Crippen molar-refractivity contribution in [1.29, 1.82) is 0 Å². The number of rotatable bonds is 6. The van der Waals surface area contributed by atoms with Gasteiger partial charge in [0.15, 0.2) is 11.2 Å². The van der Waals surface area contributed by atoms with Crippen molar-refractivity contribution in [2.24, 2.45) is 7.05 Å². The van der Waals surface area contributed by atoms with Crippen molar-refractivity contribution in [1.82, 2.24) is 23.1 Å². The molecule has 0 aliphatic carbocycles. The maximum absolute atomic E-state index is 13.4. The number of imidazole rings is 2. The summed E-state index contributed by atoms with van der Waals surface area (Å²) in [4.78, 5) is 43.3. The topological polar surface area (TPSA) is 92.5 Å². The van der Waals surface area contributed by atoms with Crippen molar-refractivity contribution in [2.45, 2.75) is 53.3 Å². The van der Waals surface area contributed by atoms with Gasteiger partial charge in [0, 0.05) is 24.5 Å². The molecule has 32 heavy (non-hydrogen) atoms. The molecular weight excluding hydrogens is 410 g/mol. The van der Waals surface area contributed by atoms with Crippen LogP contribution in [0.4, 0.5) is 0 Å². The van der Waals surface area contributed by atoms with E-state index in [0.717, 1.165) is 27.9 Å². The molecule has 0 fully saturated rings. The van der Waals surface area contributed by atoms with Gasteiger partial charge in [-0.25, -0.2) is 9.36 Å². The number of ether oxygens (including phenoxy) is 1. The lowest BCUT2D eigenvalue weighted by atomic mass is 10.2. The van der Waals surface area contributed by atoms with Crippen molar-refractivity contribution in [3.05, 3.63) is 68.1 Å². The number of fused-ring (bicyclic) bond motifs is 3. The fraction of sp³-hybridized carbons (Fsp3) is 0.391. The summed E-state index contributed by atoms with van der Waals surface area (Å²) in [5.41, 5.74) is 2.11. The number of aromatic nitrogens is 5. The van der Waals surface area contributed by atoms with Gasteiger partial charge in [-0.15, -0.1) is 0 Å². The zero-order valence-electron chi connectivity index (χ0n) is 19.0. The standard InChI is InChI=1S/C23H27N5O4/c1-6-14(2)27-15(3)16(4)28-19-20(24-22(27)28)25(5)23(31)26(21(19)30)12-18(29)32-13-17-10-8-7-9-11-17/h7-11,14H,6,12-13H2,1-5H3/t14-/m0/s1. The number of hydrogen-bond donors (Lipinski definition) is 0. The van der Waals surface area contributed by atoms with E-state index in [2.05, 4.69) is 23.4 Å². The van der Waals surface area contributed by atoms with E-state index >= 15 is 0 Å². The molecule has 1 aromatic carbocycles. The fourth-order valence-corrected chi connectivity index (χ4v) is 4.04. The van der Waals surface area contributed by atoms with Crippen LogP contribution in [0.2, 0.25) is 0 Å². The molecule has 9 nitrogen and oxygen atoms in total. The Balaban J connectivity index is 1.81. The minimum atomic E-state index is -0.654. The van der Waals surface area contributed by atoms with E-state index in [-0.39, 0.29) is 18.2 Å². The Labute approximate surface area is 184 Å². The van der Waals surface area contributed by atoms with Crippen LogP contribution in [0, 0.1) is 13.8 Å². The largest absolute Gasteiger partial charge is 0.459 e. The van der Waals surface area contributed by atoms with Gasteiger partial charge in [-0.1, -0.05) is 37.3 Å². The molecule has 9 heteroatoms. The smallest absolute Gasteiger partial charge is 0.333 e. The number of esters is 1. The Morgan fingerprint density at radius 3 is 2.47 bits per heavy atom. The van der Waals surface area contributed by atoms with Crippen LogP contribution in [0.15, 0.2) is 39.9 Å². The van der Waals surface area contributed by atoms with Crippen molar-refractivity contribution < 1.29 is 9.53 Å². The first-order valence-electron chi connectivity index (χ1n) is 10.6. The van der Waals surface area contributed by atoms with Gasteiger partial charge in [-0.3, -0.25) is 18.6 Å². The molecule has 0 bridgehead atoms. The molecule has 0 aliphatic heterocycles. The third-order valence-electron chi connectivity index (χ3n) is 6.12. The summed E-state index contributed by atoms with van der Waals surface area (Å²) in [7, 11) is 1.55. The first-order chi connectivity index (χ1) is 15.3. The van der Waals surface area contributed by atoms with Crippen LogP contribution in [0.1, 0.15) is 43.3 Å². The quantitative estimate of drug-likeness (QED) is 0.432. The Morgan fingerprint density at radius 2 is 1.81 bits per heavy atom. The van der Waals surface area contributed by atoms with Crippen LogP contribution in [-0.4, -0.2) is 29.1 Å². The van der Waals surface area contributed by atoms with E-state index in [1.54, 1.807) is 11.4 Å². The molecule has 3 heterocycles. The molecule has 0 saturated heterocycles. The molecule has 4 rings (SSSR count). The molecule has 168 valence electrons. The Hall–Kier alpha value is -3.62. The normalized spacial score (nSPS) is 12.5. The highest BCUT2D eigenvalue weighted by Crippen LogP contribution is 2.25. The number of benzene rings is 1. The van der Waals surface area contributed by atoms with E-state index in [1.165, 1.54) is 4.57 Å². The number of aryl methyl sites for hydroxylation is 2. The van der Waals surface area contributed by atoms with Crippen LogP contribution < -0.4 is 11.2 Å². The average molecular weight is 438 g/mol. The first-order valence-corrected chi connectivity index (χ1v) is 10.6. The van der Waals surface area contributed by atoms with E-state index < -0.39 is 23.8 Å². The highest BCUT2D eigenvalue weighted by atomic mass is 16.5. The SMILES string of the molecule is CC[C@H](C)n1c(C)c(C)n2c3c(=O)n(CC(=O)OCc4ccccc4)c(=O)n(C)c3nc12. The molecular formula is C23H27N5O4. The second kappa shape index (κ2) is 8.14. The summed E-state index contributed by atoms with van der Waals surface area (Å²) >= 11 is 0. The zero-order chi connectivity index (χ0) is 23.2. The lowest BCUT2D eigenvalue weighted by Crippen LogP contribution is -2.41. The summed E-state index contributed by atoms with van der Waals surface area (Å²) in [6.45, 7) is 7.69. The van der Waals surface area contributed by atoms with Crippen molar-refractivity contribution in [3.8, 4) is 0 Å². The summed E-state index contributed by atoms with van der Waals surface area (Å²) < 4.78 is 11.4. The van der Waals surface area contributed by atoms with Crippen LogP contribution in [-0.2, 0) is 29.7 Å². The van der Waals surface area contributed by atoms with Gasteiger partial charge in [-0.2, -0.15) is 4.98 Å². The Kier molecular flexibility index (Phi) is 5.50. The molecule has 0 saturated carbocycles. The summed E-state index contributed by atoms with van der Waals surface area (Å²) in [5.74, 6) is -0.0425. The molecule has 0 amide bonds. The van der Waals surface area contributed by atoms with Gasteiger partial charge in [-0.05, 0) is 32.8 Å². The molecule has 0 unspecified atom stereocenters. The Morgan fingerprint density at radius 1 is 1.12 bits per heavy atom. The third-order valence-corrected chi connectivity index (χ3v) is 6.12. The fourth-order valence-electron chi connectivity index (χ4n) is 4.04. The van der Waals surface area contributed by atoms with Crippen molar-refractivity contribution >= 4 is 22.9 Å². The first kappa shape index (κ1) is 21.6. The second-order valence-corrected chi connectivity index (χ2v) is 8.10. The summed E-state index contributed by atoms with van der Waals surface area (Å²) in [6.07, 6.45) is 0.893. The van der Waals surface area contributed by atoms with Crippen LogP contribution >= 0.6 is 0 Å². The predicted octanol–water partition coefficient (Wildman–Crippen LogP) is 2.48. The number of hydrogen-bond acceptors (Lipinski definition) is 5. The molecule has 0 spiro atoms. The maximum Gasteiger partial charge on any atom is 0.333 e. The number of carbonyl (C=O) groups is 1. The predicted molar refractivity (Wildman–Crippen MR) is 121 cm³/mol. The molecule has 0 aliphatic rings. The summed E-state index contributed by atoms with van der Waals surface area (Å²) in [5, 5.41) is 0. The highest BCUT2D eigenvalue weighted by Gasteiger charge is 2.24. The lowest BCUT2D eigenvalue weighted by Gasteiger charge is -2.13. The second-order valence-electron chi connectivity index (χ2n) is 8.10.